The molecule has 46 heavy (non-hydrogen) atoms. The molecular formula is C36H36N6O4. The Morgan fingerprint density at radius 2 is 1.52 bits per heavy atom. The Bertz CT molecular complexity index is 1850. The molecule has 6 rings (SSSR count). The first-order valence-corrected chi connectivity index (χ1v) is 15.4. The van der Waals surface area contributed by atoms with Crippen molar-refractivity contribution in [3.63, 3.8) is 0 Å². The maximum atomic E-state index is 13.2. The third kappa shape index (κ3) is 6.62. The number of fused-ring (bicyclic) bond motifs is 1. The van der Waals surface area contributed by atoms with Crippen molar-refractivity contribution in [1.29, 1.82) is 0 Å². The summed E-state index contributed by atoms with van der Waals surface area (Å²) in [5.74, 6) is -1.04. The van der Waals surface area contributed by atoms with Gasteiger partial charge >= 0.3 is 0 Å². The third-order valence-electron chi connectivity index (χ3n) is 8.38. The van der Waals surface area contributed by atoms with Gasteiger partial charge in [0, 0.05) is 58.2 Å². The standard InChI is InChI=1S/C36H36N6O4/c1-22-30(38-23(2)32(22)36(46)37-15-18-42-16-6-7-17-42)21-29-28-14-13-25(19-31(28)41-35(29)45)34(44)40-27-12-8-11-26(20-27)39-33(43)24-9-4-3-5-10-24/h3-5,8-14,19-21,38H,6-7,15-18H2,1-2H3,(H,37,46)(H,39,43)(H,40,44)(H,41,45). The van der Waals surface area contributed by atoms with Crippen molar-refractivity contribution in [2.24, 2.45) is 0 Å². The molecular weight excluding hydrogens is 580 g/mol. The number of H-pyrrole nitrogens is 1. The molecule has 0 radical (unpaired) electrons. The minimum Gasteiger partial charge on any atom is -0.358 e. The number of aryl methyl sites for hydroxylation is 1. The lowest BCUT2D eigenvalue weighted by atomic mass is 10.0. The summed E-state index contributed by atoms with van der Waals surface area (Å²) in [4.78, 5) is 57.4. The zero-order valence-electron chi connectivity index (χ0n) is 25.8. The highest BCUT2D eigenvalue weighted by Crippen LogP contribution is 2.35. The highest BCUT2D eigenvalue weighted by molar-refractivity contribution is 6.35. The second-order valence-electron chi connectivity index (χ2n) is 11.6. The second-order valence-corrected chi connectivity index (χ2v) is 11.6. The Kier molecular flexibility index (Phi) is 8.80. The van der Waals surface area contributed by atoms with Crippen molar-refractivity contribution in [2.45, 2.75) is 26.7 Å². The van der Waals surface area contributed by atoms with Crippen molar-refractivity contribution >= 4 is 52.3 Å². The van der Waals surface area contributed by atoms with Crippen LogP contribution in [-0.2, 0) is 4.79 Å². The maximum Gasteiger partial charge on any atom is 0.256 e. The zero-order valence-corrected chi connectivity index (χ0v) is 25.8. The van der Waals surface area contributed by atoms with E-state index in [4.69, 9.17) is 0 Å². The predicted octanol–water partition coefficient (Wildman–Crippen LogP) is 5.45. The van der Waals surface area contributed by atoms with E-state index in [0.717, 1.165) is 30.9 Å². The molecule has 0 spiro atoms. The first-order chi connectivity index (χ1) is 22.3. The lowest BCUT2D eigenvalue weighted by Gasteiger charge is -2.14. The third-order valence-corrected chi connectivity index (χ3v) is 8.38. The van der Waals surface area contributed by atoms with Crippen molar-refractivity contribution in [1.82, 2.24) is 15.2 Å². The first-order valence-electron chi connectivity index (χ1n) is 15.4. The quantitative estimate of drug-likeness (QED) is 0.159. The van der Waals surface area contributed by atoms with Gasteiger partial charge in [0.25, 0.3) is 23.6 Å². The number of nitrogens with zero attached hydrogens (tertiary/aromatic N) is 1. The predicted molar refractivity (Wildman–Crippen MR) is 180 cm³/mol. The van der Waals surface area contributed by atoms with Crippen molar-refractivity contribution < 1.29 is 19.2 Å². The monoisotopic (exact) mass is 616 g/mol. The summed E-state index contributed by atoms with van der Waals surface area (Å²) < 4.78 is 0. The van der Waals surface area contributed by atoms with Crippen LogP contribution in [0.15, 0.2) is 72.8 Å². The van der Waals surface area contributed by atoms with Gasteiger partial charge in [-0.2, -0.15) is 0 Å². The van der Waals surface area contributed by atoms with Crippen LogP contribution in [0, 0.1) is 13.8 Å². The van der Waals surface area contributed by atoms with Gasteiger partial charge in [-0.25, -0.2) is 0 Å². The SMILES string of the molecule is Cc1[nH]c(C=C2C(=O)Nc3cc(C(=O)Nc4cccc(NC(=O)c5ccccc5)c4)ccc32)c(C)c1C(=O)NCCN1CCCC1. The molecule has 2 aliphatic heterocycles. The fraction of sp³-hybridized carbons (Fsp3) is 0.222. The number of likely N-dealkylation sites (tertiary alicyclic amines) is 1. The molecule has 1 saturated heterocycles. The smallest absolute Gasteiger partial charge is 0.256 e. The average molecular weight is 617 g/mol. The lowest BCUT2D eigenvalue weighted by Crippen LogP contribution is -2.33. The van der Waals surface area contributed by atoms with Crippen molar-refractivity contribution in [3.05, 3.63) is 112 Å². The lowest BCUT2D eigenvalue weighted by molar-refractivity contribution is -0.110. The number of hydrogen-bond acceptors (Lipinski definition) is 5. The Balaban J connectivity index is 1.13. The van der Waals surface area contributed by atoms with Crippen LogP contribution in [-0.4, -0.2) is 59.7 Å². The van der Waals surface area contributed by atoms with Crippen molar-refractivity contribution in [2.75, 3.05) is 42.1 Å². The number of rotatable bonds is 9. The number of anilines is 3. The molecule has 1 fully saturated rings. The number of nitrogens with one attached hydrogen (secondary N) is 5. The first kappa shape index (κ1) is 30.5. The van der Waals surface area contributed by atoms with E-state index < -0.39 is 0 Å². The number of aromatic nitrogens is 1. The molecule has 0 aliphatic carbocycles. The van der Waals surface area contributed by atoms with Gasteiger partial charge in [-0.1, -0.05) is 30.3 Å². The van der Waals surface area contributed by atoms with Gasteiger partial charge in [-0.15, -0.1) is 0 Å². The van der Waals surface area contributed by atoms with Crippen LogP contribution in [0.25, 0.3) is 11.6 Å². The van der Waals surface area contributed by atoms with Crippen LogP contribution in [0.3, 0.4) is 0 Å². The van der Waals surface area contributed by atoms with Crippen LogP contribution in [0.4, 0.5) is 17.1 Å². The Hall–Kier alpha value is -5.48. The molecule has 0 bridgehead atoms. The number of hydrogen-bond donors (Lipinski definition) is 5. The van der Waals surface area contributed by atoms with Gasteiger partial charge < -0.3 is 31.2 Å². The molecule has 5 N–H and O–H groups in total. The van der Waals surface area contributed by atoms with Crippen LogP contribution < -0.4 is 21.3 Å². The van der Waals surface area contributed by atoms with E-state index in [1.54, 1.807) is 72.8 Å². The van der Waals surface area contributed by atoms with Gasteiger partial charge in [0.15, 0.2) is 0 Å². The summed E-state index contributed by atoms with van der Waals surface area (Å²) in [6.45, 7) is 7.30. The number of amides is 4. The maximum absolute atomic E-state index is 13.2. The molecule has 3 aromatic carbocycles. The summed E-state index contributed by atoms with van der Waals surface area (Å²) in [5, 5.41) is 11.6. The van der Waals surface area contributed by atoms with E-state index in [0.29, 0.717) is 57.1 Å². The highest BCUT2D eigenvalue weighted by Gasteiger charge is 2.27. The minimum atomic E-state index is -0.364. The molecule has 4 amide bonds. The molecule has 0 saturated carbocycles. The Morgan fingerprint density at radius 1 is 0.826 bits per heavy atom. The van der Waals surface area contributed by atoms with Crippen molar-refractivity contribution in [3.8, 4) is 0 Å². The molecule has 1 aromatic heterocycles. The fourth-order valence-electron chi connectivity index (χ4n) is 5.98. The zero-order chi connectivity index (χ0) is 32.2. The molecule has 10 nitrogen and oxygen atoms in total. The number of carbonyl (C=O) groups is 4. The summed E-state index contributed by atoms with van der Waals surface area (Å²) in [7, 11) is 0. The van der Waals surface area contributed by atoms with E-state index in [2.05, 4.69) is 31.2 Å². The Labute approximate surface area is 267 Å². The topological polar surface area (TPSA) is 135 Å². The van der Waals surface area contributed by atoms with Gasteiger partial charge in [0.1, 0.15) is 0 Å². The number of aromatic amines is 1. The number of carbonyl (C=O) groups excluding carboxylic acids is 4. The normalized spacial score (nSPS) is 15.0. The average Bonchev–Trinajstić information content (AvgIpc) is 3.75. The largest absolute Gasteiger partial charge is 0.358 e. The Morgan fingerprint density at radius 3 is 2.24 bits per heavy atom. The van der Waals surface area contributed by atoms with Gasteiger partial charge in [0.05, 0.1) is 11.1 Å². The molecule has 2 aliphatic rings. The van der Waals surface area contributed by atoms with E-state index in [9.17, 15) is 19.2 Å². The molecule has 0 unspecified atom stereocenters. The van der Waals surface area contributed by atoms with Crippen LogP contribution in [0.2, 0.25) is 0 Å². The fourth-order valence-corrected chi connectivity index (χ4v) is 5.98. The van der Waals surface area contributed by atoms with Crippen LogP contribution >= 0.6 is 0 Å². The summed E-state index contributed by atoms with van der Waals surface area (Å²) in [5.41, 5.74) is 6.33. The molecule has 234 valence electrons. The summed E-state index contributed by atoms with van der Waals surface area (Å²) in [6.07, 6.45) is 4.17. The van der Waals surface area contributed by atoms with E-state index in [-0.39, 0.29) is 23.6 Å². The minimum absolute atomic E-state index is 0.133. The highest BCUT2D eigenvalue weighted by atomic mass is 16.2. The van der Waals surface area contributed by atoms with E-state index in [1.807, 2.05) is 19.9 Å². The molecule has 10 heteroatoms. The van der Waals surface area contributed by atoms with Gasteiger partial charge in [-0.3, -0.25) is 19.2 Å². The van der Waals surface area contributed by atoms with Gasteiger partial charge in [-0.05, 0) is 93.9 Å². The summed E-state index contributed by atoms with van der Waals surface area (Å²) >= 11 is 0. The van der Waals surface area contributed by atoms with Crippen LogP contribution in [0.5, 0.6) is 0 Å². The molecule has 0 atom stereocenters. The van der Waals surface area contributed by atoms with Gasteiger partial charge in [0.2, 0.25) is 0 Å². The number of benzene rings is 3. The molecule has 4 aromatic rings. The summed E-state index contributed by atoms with van der Waals surface area (Å²) in [6, 6.07) is 20.8. The van der Waals surface area contributed by atoms with Crippen LogP contribution in [0.1, 0.15) is 66.4 Å². The second kappa shape index (κ2) is 13.3. The molecule has 3 heterocycles. The van der Waals surface area contributed by atoms with E-state index in [1.165, 1.54) is 12.8 Å². The van der Waals surface area contributed by atoms with E-state index >= 15 is 0 Å².